The summed E-state index contributed by atoms with van der Waals surface area (Å²) >= 11 is 0. The lowest BCUT2D eigenvalue weighted by molar-refractivity contribution is -0.232. The van der Waals surface area contributed by atoms with Crippen LogP contribution in [0.25, 0.3) is 0 Å². The van der Waals surface area contributed by atoms with Crippen molar-refractivity contribution in [2.24, 2.45) is 0 Å². The summed E-state index contributed by atoms with van der Waals surface area (Å²) in [6.45, 7) is 9.12. The molecule has 0 radical (unpaired) electrons. The SMILES string of the molecule is COOC(=O)OCCOCCOCCNC(C)(C)C. The van der Waals surface area contributed by atoms with Crippen LogP contribution in [0.1, 0.15) is 20.8 Å². The average molecular weight is 279 g/mol. The molecule has 0 atom stereocenters. The first-order valence-electron chi connectivity index (χ1n) is 6.23. The van der Waals surface area contributed by atoms with E-state index in [1.54, 1.807) is 0 Å². The predicted octanol–water partition coefficient (Wildman–Crippen LogP) is 1.12. The second kappa shape index (κ2) is 11.0. The molecule has 1 N–H and O–H groups in total. The van der Waals surface area contributed by atoms with Gasteiger partial charge in [0.1, 0.15) is 6.61 Å². The molecule has 0 amide bonds. The molecule has 19 heavy (non-hydrogen) atoms. The van der Waals surface area contributed by atoms with Crippen LogP contribution >= 0.6 is 0 Å². The van der Waals surface area contributed by atoms with E-state index in [0.717, 1.165) is 6.54 Å². The molecular weight excluding hydrogens is 254 g/mol. The molecule has 114 valence electrons. The van der Waals surface area contributed by atoms with Crippen LogP contribution in [0.4, 0.5) is 4.79 Å². The van der Waals surface area contributed by atoms with Gasteiger partial charge in [0.25, 0.3) is 0 Å². The van der Waals surface area contributed by atoms with Crippen molar-refractivity contribution in [1.82, 2.24) is 5.32 Å². The molecule has 0 saturated heterocycles. The minimum atomic E-state index is -0.879. The van der Waals surface area contributed by atoms with Crippen molar-refractivity contribution < 1.29 is 28.8 Å². The highest BCUT2D eigenvalue weighted by Crippen LogP contribution is 1.96. The van der Waals surface area contributed by atoms with Crippen LogP contribution in [0.2, 0.25) is 0 Å². The van der Waals surface area contributed by atoms with Gasteiger partial charge in [0, 0.05) is 12.1 Å². The molecule has 0 unspecified atom stereocenters. The maximum atomic E-state index is 10.7. The lowest BCUT2D eigenvalue weighted by Gasteiger charge is -2.20. The molecule has 0 heterocycles. The summed E-state index contributed by atoms with van der Waals surface area (Å²) in [7, 11) is 1.23. The van der Waals surface area contributed by atoms with Gasteiger partial charge in [-0.2, -0.15) is 4.89 Å². The fraction of sp³-hybridized carbons (Fsp3) is 0.917. The van der Waals surface area contributed by atoms with Crippen LogP contribution in [-0.4, -0.2) is 58.4 Å². The highest BCUT2D eigenvalue weighted by Gasteiger charge is 2.07. The normalized spacial score (nSPS) is 11.4. The van der Waals surface area contributed by atoms with Gasteiger partial charge in [0.15, 0.2) is 0 Å². The van der Waals surface area contributed by atoms with E-state index in [4.69, 9.17) is 9.47 Å². The average Bonchev–Trinajstić information content (AvgIpc) is 2.30. The summed E-state index contributed by atoms with van der Waals surface area (Å²) in [6.07, 6.45) is -0.879. The largest absolute Gasteiger partial charge is 0.540 e. The maximum Gasteiger partial charge on any atom is 0.540 e. The highest BCUT2D eigenvalue weighted by atomic mass is 17.2. The van der Waals surface area contributed by atoms with Gasteiger partial charge in [0.2, 0.25) is 0 Å². The summed E-state index contributed by atoms with van der Waals surface area (Å²) in [5.41, 5.74) is 0.105. The molecule has 0 spiro atoms. The minimum Gasteiger partial charge on any atom is -0.430 e. The third-order valence-corrected chi connectivity index (χ3v) is 1.87. The molecule has 0 aliphatic carbocycles. The van der Waals surface area contributed by atoms with Crippen LogP contribution in [0, 0.1) is 0 Å². The highest BCUT2D eigenvalue weighted by molar-refractivity contribution is 5.58. The molecule has 7 heteroatoms. The van der Waals surface area contributed by atoms with Crippen molar-refractivity contribution in [3.05, 3.63) is 0 Å². The first kappa shape index (κ1) is 18.1. The van der Waals surface area contributed by atoms with Crippen molar-refractivity contribution in [1.29, 1.82) is 0 Å². The Morgan fingerprint density at radius 3 is 2.16 bits per heavy atom. The molecule has 0 aromatic rings. The standard InChI is InChI=1S/C12H25NO6/c1-12(2,3)13-5-6-16-7-8-17-9-10-18-11(14)19-15-4/h13H,5-10H2,1-4H3. The van der Waals surface area contributed by atoms with Crippen molar-refractivity contribution >= 4 is 6.16 Å². The van der Waals surface area contributed by atoms with Gasteiger partial charge in [-0.05, 0) is 20.8 Å². The molecule has 0 aliphatic heterocycles. The van der Waals surface area contributed by atoms with E-state index in [0.29, 0.717) is 26.4 Å². The van der Waals surface area contributed by atoms with Gasteiger partial charge in [-0.25, -0.2) is 4.79 Å². The third-order valence-electron chi connectivity index (χ3n) is 1.87. The van der Waals surface area contributed by atoms with Gasteiger partial charge in [-0.3, -0.25) is 4.89 Å². The van der Waals surface area contributed by atoms with Crippen molar-refractivity contribution in [3.63, 3.8) is 0 Å². The second-order valence-corrected chi connectivity index (χ2v) is 4.75. The lowest BCUT2D eigenvalue weighted by Crippen LogP contribution is -2.38. The van der Waals surface area contributed by atoms with Gasteiger partial charge in [-0.1, -0.05) is 0 Å². The zero-order valence-electron chi connectivity index (χ0n) is 12.2. The first-order valence-corrected chi connectivity index (χ1v) is 6.23. The van der Waals surface area contributed by atoms with Crippen molar-refractivity contribution in [2.75, 3.05) is 46.7 Å². The zero-order chi connectivity index (χ0) is 14.6. The predicted molar refractivity (Wildman–Crippen MR) is 68.8 cm³/mol. The number of carbonyl (C=O) groups excluding carboxylic acids is 1. The van der Waals surface area contributed by atoms with Crippen LogP contribution in [0.5, 0.6) is 0 Å². The summed E-state index contributed by atoms with van der Waals surface area (Å²) in [6, 6.07) is 0. The summed E-state index contributed by atoms with van der Waals surface area (Å²) in [4.78, 5) is 18.9. The van der Waals surface area contributed by atoms with E-state index in [9.17, 15) is 4.79 Å². The number of ether oxygens (including phenoxy) is 3. The Hall–Kier alpha value is -0.890. The molecule has 7 nitrogen and oxygen atoms in total. The number of hydrogen-bond donors (Lipinski definition) is 1. The Morgan fingerprint density at radius 1 is 1.00 bits per heavy atom. The minimum absolute atomic E-state index is 0.105. The maximum absolute atomic E-state index is 10.7. The molecule has 0 fully saturated rings. The monoisotopic (exact) mass is 279 g/mol. The van der Waals surface area contributed by atoms with Gasteiger partial charge < -0.3 is 19.5 Å². The Morgan fingerprint density at radius 2 is 1.58 bits per heavy atom. The second-order valence-electron chi connectivity index (χ2n) is 4.75. The van der Waals surface area contributed by atoms with Crippen molar-refractivity contribution in [2.45, 2.75) is 26.3 Å². The number of rotatable bonds is 10. The first-order chi connectivity index (χ1) is 8.95. The number of nitrogens with one attached hydrogen (secondary N) is 1. The molecular formula is C12H25NO6. The fourth-order valence-electron chi connectivity index (χ4n) is 1.10. The Bertz CT molecular complexity index is 229. The van der Waals surface area contributed by atoms with Crippen LogP contribution in [0.3, 0.4) is 0 Å². The molecule has 0 aromatic heterocycles. The van der Waals surface area contributed by atoms with E-state index in [1.165, 1.54) is 7.11 Å². The summed E-state index contributed by atoms with van der Waals surface area (Å²) in [5.74, 6) is 0. The van der Waals surface area contributed by atoms with Gasteiger partial charge in [0.05, 0.1) is 33.5 Å². The number of hydrogen-bond acceptors (Lipinski definition) is 7. The Labute approximate surface area is 114 Å². The van der Waals surface area contributed by atoms with Crippen molar-refractivity contribution in [3.8, 4) is 0 Å². The van der Waals surface area contributed by atoms with Crippen LogP contribution in [-0.2, 0) is 24.0 Å². The smallest absolute Gasteiger partial charge is 0.430 e. The molecule has 0 saturated carbocycles. The summed E-state index contributed by atoms with van der Waals surface area (Å²) < 4.78 is 15.1. The van der Waals surface area contributed by atoms with E-state index in [1.807, 2.05) is 0 Å². The van der Waals surface area contributed by atoms with Gasteiger partial charge in [-0.15, -0.1) is 0 Å². The molecule has 0 aromatic carbocycles. The molecule has 0 rings (SSSR count). The Balaban J connectivity index is 3.13. The van der Waals surface area contributed by atoms with Gasteiger partial charge >= 0.3 is 6.16 Å². The van der Waals surface area contributed by atoms with E-state index < -0.39 is 6.16 Å². The zero-order valence-corrected chi connectivity index (χ0v) is 12.2. The van der Waals surface area contributed by atoms with E-state index >= 15 is 0 Å². The molecule has 0 bridgehead atoms. The topological polar surface area (TPSA) is 75.3 Å². The van der Waals surface area contributed by atoms with Crippen LogP contribution in [0.15, 0.2) is 0 Å². The summed E-state index contributed by atoms with van der Waals surface area (Å²) in [5, 5.41) is 3.31. The van der Waals surface area contributed by atoms with Crippen LogP contribution < -0.4 is 5.32 Å². The lowest BCUT2D eigenvalue weighted by atomic mass is 10.1. The van der Waals surface area contributed by atoms with E-state index in [2.05, 4.69) is 40.6 Å². The molecule has 0 aliphatic rings. The Kier molecular flexibility index (Phi) is 10.5. The van der Waals surface area contributed by atoms with E-state index in [-0.39, 0.29) is 12.1 Å². The fourth-order valence-corrected chi connectivity index (χ4v) is 1.10. The third kappa shape index (κ3) is 15.1. The quantitative estimate of drug-likeness (QED) is 0.278. The number of carbonyl (C=O) groups is 1.